The second-order valence-corrected chi connectivity index (χ2v) is 1.90. The molecule has 1 saturated heterocycles. The van der Waals surface area contributed by atoms with Gasteiger partial charge in [0.05, 0.1) is 6.67 Å². The van der Waals surface area contributed by atoms with Crippen molar-refractivity contribution in [1.29, 1.82) is 0 Å². The van der Waals surface area contributed by atoms with E-state index in [9.17, 15) is 4.79 Å². The molecule has 10 heavy (non-hydrogen) atoms. The standard InChI is InChI=1S/C4H10N4O.Ni/c5-4(9)7-8-2-1-6-3-8;/h6H,1-3H2,(H3,5,7,9);. The molecule has 0 bridgehead atoms. The van der Waals surface area contributed by atoms with Crippen LogP contribution in [0.2, 0.25) is 0 Å². The molecule has 0 atom stereocenters. The molecule has 0 aromatic carbocycles. The first-order valence-electron chi connectivity index (χ1n) is 2.81. The molecule has 0 radical (unpaired) electrons. The van der Waals surface area contributed by atoms with Gasteiger partial charge < -0.3 is 11.1 Å². The minimum absolute atomic E-state index is 0. The summed E-state index contributed by atoms with van der Waals surface area (Å²) in [6.45, 7) is 2.41. The number of nitrogens with two attached hydrogens (primary N) is 1. The van der Waals surface area contributed by atoms with Gasteiger partial charge >= 0.3 is 6.03 Å². The Balaban J connectivity index is 0.000000810. The summed E-state index contributed by atoms with van der Waals surface area (Å²) < 4.78 is 0. The second kappa shape index (κ2) is 4.49. The van der Waals surface area contributed by atoms with Gasteiger partial charge in [-0.25, -0.2) is 9.80 Å². The molecule has 5 nitrogen and oxygen atoms in total. The van der Waals surface area contributed by atoms with Crippen molar-refractivity contribution in [2.45, 2.75) is 0 Å². The maximum absolute atomic E-state index is 10.2. The average Bonchev–Trinajstić information content (AvgIpc) is 2.15. The summed E-state index contributed by atoms with van der Waals surface area (Å²) >= 11 is 0. The van der Waals surface area contributed by atoms with Crippen LogP contribution in [0.4, 0.5) is 4.79 Å². The van der Waals surface area contributed by atoms with Gasteiger partial charge in [-0.15, -0.1) is 0 Å². The molecule has 1 aliphatic heterocycles. The summed E-state index contributed by atoms with van der Waals surface area (Å²) in [5.74, 6) is 0. The van der Waals surface area contributed by atoms with Gasteiger partial charge in [-0.2, -0.15) is 0 Å². The zero-order chi connectivity index (χ0) is 6.69. The Kier molecular flexibility index (Phi) is 4.35. The monoisotopic (exact) mass is 188 g/mol. The zero-order valence-corrected chi connectivity index (χ0v) is 6.36. The number of hydrogen-bond donors (Lipinski definition) is 3. The fourth-order valence-electron chi connectivity index (χ4n) is 0.758. The van der Waals surface area contributed by atoms with Crippen molar-refractivity contribution in [2.75, 3.05) is 19.8 Å². The Morgan fingerprint density at radius 1 is 1.70 bits per heavy atom. The summed E-state index contributed by atoms with van der Waals surface area (Å²) in [5, 5.41) is 4.76. The topological polar surface area (TPSA) is 70.4 Å². The molecule has 62 valence electrons. The van der Waals surface area contributed by atoms with E-state index < -0.39 is 6.03 Å². The second-order valence-electron chi connectivity index (χ2n) is 1.90. The van der Waals surface area contributed by atoms with Crippen LogP contribution in [-0.4, -0.2) is 30.8 Å². The Labute approximate surface area is 69.2 Å². The molecule has 6 heteroatoms. The Morgan fingerprint density at radius 3 is 2.80 bits per heavy atom. The van der Waals surface area contributed by atoms with Gasteiger partial charge in [0.2, 0.25) is 0 Å². The minimum atomic E-state index is -0.501. The number of hydrazine groups is 1. The average molecular weight is 189 g/mol. The van der Waals surface area contributed by atoms with Crippen molar-refractivity contribution in [3.05, 3.63) is 0 Å². The minimum Gasteiger partial charge on any atom is -0.351 e. The molecular formula is C4H10N4NiO. The van der Waals surface area contributed by atoms with Crippen LogP contribution in [0.1, 0.15) is 0 Å². The quantitative estimate of drug-likeness (QED) is 0.436. The van der Waals surface area contributed by atoms with E-state index in [0.29, 0.717) is 6.67 Å². The van der Waals surface area contributed by atoms with E-state index in [2.05, 4.69) is 10.7 Å². The first-order valence-corrected chi connectivity index (χ1v) is 2.81. The number of rotatable bonds is 1. The van der Waals surface area contributed by atoms with Gasteiger partial charge in [0.1, 0.15) is 0 Å². The predicted molar refractivity (Wildman–Crippen MR) is 32.3 cm³/mol. The van der Waals surface area contributed by atoms with Crippen molar-refractivity contribution in [2.24, 2.45) is 5.73 Å². The first kappa shape index (κ1) is 9.68. The number of nitrogens with one attached hydrogen (secondary N) is 2. The summed E-state index contributed by atoms with van der Waals surface area (Å²) in [7, 11) is 0. The summed E-state index contributed by atoms with van der Waals surface area (Å²) in [4.78, 5) is 10.2. The van der Waals surface area contributed by atoms with Crippen LogP contribution in [-0.2, 0) is 16.5 Å². The van der Waals surface area contributed by atoms with Gasteiger partial charge in [-0.1, -0.05) is 0 Å². The summed E-state index contributed by atoms with van der Waals surface area (Å²) in [6.07, 6.45) is 0. The van der Waals surface area contributed by atoms with Crippen LogP contribution in [0.25, 0.3) is 0 Å². The fraction of sp³-hybridized carbons (Fsp3) is 0.750. The van der Waals surface area contributed by atoms with Gasteiger partial charge in [-0.05, 0) is 0 Å². The van der Waals surface area contributed by atoms with Crippen LogP contribution in [0, 0.1) is 0 Å². The van der Waals surface area contributed by atoms with E-state index in [4.69, 9.17) is 5.73 Å². The third-order valence-corrected chi connectivity index (χ3v) is 1.13. The van der Waals surface area contributed by atoms with Gasteiger partial charge in [0.25, 0.3) is 0 Å². The largest absolute Gasteiger partial charge is 0.351 e. The molecule has 2 amide bonds. The third-order valence-electron chi connectivity index (χ3n) is 1.13. The molecular weight excluding hydrogens is 179 g/mol. The van der Waals surface area contributed by atoms with Crippen molar-refractivity contribution in [3.8, 4) is 0 Å². The van der Waals surface area contributed by atoms with Crippen LogP contribution in [0.15, 0.2) is 0 Å². The van der Waals surface area contributed by atoms with E-state index >= 15 is 0 Å². The first-order chi connectivity index (χ1) is 4.29. The van der Waals surface area contributed by atoms with E-state index in [1.807, 2.05) is 0 Å². The van der Waals surface area contributed by atoms with Crippen LogP contribution >= 0.6 is 0 Å². The Morgan fingerprint density at radius 2 is 2.40 bits per heavy atom. The predicted octanol–water partition coefficient (Wildman–Crippen LogP) is -1.57. The van der Waals surface area contributed by atoms with Crippen LogP contribution < -0.4 is 16.5 Å². The molecule has 0 spiro atoms. The zero-order valence-electron chi connectivity index (χ0n) is 5.37. The molecule has 1 rings (SSSR count). The summed E-state index contributed by atoms with van der Waals surface area (Å²) in [6, 6.07) is -0.501. The van der Waals surface area contributed by atoms with Crippen LogP contribution in [0.5, 0.6) is 0 Å². The molecule has 4 N–H and O–H groups in total. The maximum atomic E-state index is 10.2. The molecule has 1 heterocycles. The van der Waals surface area contributed by atoms with E-state index in [1.54, 1.807) is 5.01 Å². The maximum Gasteiger partial charge on any atom is 0.326 e. The molecule has 1 aliphatic rings. The Hall–Kier alpha value is -0.316. The van der Waals surface area contributed by atoms with E-state index in [0.717, 1.165) is 13.1 Å². The van der Waals surface area contributed by atoms with Gasteiger partial charge in [0, 0.05) is 29.6 Å². The molecule has 0 unspecified atom stereocenters. The third kappa shape index (κ3) is 3.01. The molecule has 0 aliphatic carbocycles. The van der Waals surface area contributed by atoms with Crippen molar-refractivity contribution in [1.82, 2.24) is 15.8 Å². The number of nitrogens with zero attached hydrogens (tertiary/aromatic N) is 1. The summed E-state index contributed by atoms with van der Waals surface area (Å²) in [5.41, 5.74) is 7.30. The Bertz CT molecular complexity index is 114. The number of carbonyl (C=O) groups is 1. The van der Waals surface area contributed by atoms with Crippen molar-refractivity contribution in [3.63, 3.8) is 0 Å². The smallest absolute Gasteiger partial charge is 0.326 e. The number of urea groups is 1. The SMILES string of the molecule is NC(=O)NN1CCNC1.[Ni]. The van der Waals surface area contributed by atoms with Gasteiger partial charge in [-0.3, -0.25) is 5.43 Å². The number of amides is 2. The molecule has 0 aromatic rings. The van der Waals surface area contributed by atoms with Crippen molar-refractivity contribution < 1.29 is 21.3 Å². The van der Waals surface area contributed by atoms with Gasteiger partial charge in [0.15, 0.2) is 0 Å². The van der Waals surface area contributed by atoms with Crippen molar-refractivity contribution >= 4 is 6.03 Å². The number of carbonyl (C=O) groups excluding carboxylic acids is 1. The normalized spacial score (nSPS) is 18.0. The number of primary amides is 1. The molecule has 1 fully saturated rings. The van der Waals surface area contributed by atoms with E-state index in [1.165, 1.54) is 0 Å². The van der Waals surface area contributed by atoms with Crippen LogP contribution in [0.3, 0.4) is 0 Å². The molecule has 0 saturated carbocycles. The molecule has 0 aromatic heterocycles. The number of hydrogen-bond acceptors (Lipinski definition) is 3. The fourth-order valence-corrected chi connectivity index (χ4v) is 0.758. The van der Waals surface area contributed by atoms with E-state index in [-0.39, 0.29) is 16.5 Å².